The minimum atomic E-state index is 0.362. The molecule has 2 aromatic carbocycles. The predicted octanol–water partition coefficient (Wildman–Crippen LogP) is 6.65. The first-order chi connectivity index (χ1) is 11.6. The van der Waals surface area contributed by atoms with E-state index in [-0.39, 0.29) is 0 Å². The second-order valence-corrected chi connectivity index (χ2v) is 8.32. The maximum Gasteiger partial charge on any atom is 0.127 e. The fourth-order valence-corrected chi connectivity index (χ4v) is 3.91. The van der Waals surface area contributed by atoms with Crippen LogP contribution in [0.15, 0.2) is 72.7 Å². The van der Waals surface area contributed by atoms with Gasteiger partial charge in [0.15, 0.2) is 0 Å². The van der Waals surface area contributed by atoms with E-state index in [1.165, 1.54) is 11.1 Å². The lowest BCUT2D eigenvalue weighted by Crippen LogP contribution is -2.02. The normalized spacial score (nSPS) is 12.2. The van der Waals surface area contributed by atoms with Gasteiger partial charge < -0.3 is 4.74 Å². The lowest BCUT2D eigenvalue weighted by molar-refractivity contribution is 0.482. The lowest BCUT2D eigenvalue weighted by Gasteiger charge is -2.12. The van der Waals surface area contributed by atoms with Gasteiger partial charge in [-0.05, 0) is 66.5 Å². The number of hydrogen-bond donors (Lipinski definition) is 0. The highest BCUT2D eigenvalue weighted by molar-refractivity contribution is 8.03. The van der Waals surface area contributed by atoms with E-state index in [9.17, 15) is 0 Å². The SMILES string of the molecule is C=CC(Cc1ccc(Oc2ccc(CPC)cc2)cc1)SC(=C)C. The Bertz CT molecular complexity index is 661. The highest BCUT2D eigenvalue weighted by atomic mass is 32.2. The van der Waals surface area contributed by atoms with Crippen molar-refractivity contribution in [1.29, 1.82) is 0 Å². The Hall–Kier alpha value is -1.50. The smallest absolute Gasteiger partial charge is 0.127 e. The number of benzene rings is 2. The Kier molecular flexibility index (Phi) is 7.62. The molecule has 0 saturated carbocycles. The summed E-state index contributed by atoms with van der Waals surface area (Å²) >= 11 is 1.76. The largest absolute Gasteiger partial charge is 0.457 e. The van der Waals surface area contributed by atoms with Crippen LogP contribution in [0.3, 0.4) is 0 Å². The first-order valence-electron chi connectivity index (χ1n) is 8.05. The molecule has 0 fully saturated rings. The number of allylic oxidation sites excluding steroid dienone is 1. The molecule has 0 aliphatic rings. The van der Waals surface area contributed by atoms with Crippen molar-refractivity contribution < 1.29 is 4.74 Å². The van der Waals surface area contributed by atoms with Crippen molar-refractivity contribution >= 4 is 20.3 Å². The van der Waals surface area contributed by atoms with Gasteiger partial charge in [-0.3, -0.25) is 0 Å². The summed E-state index contributed by atoms with van der Waals surface area (Å²) in [6, 6.07) is 16.7. The molecule has 2 atom stereocenters. The third-order valence-electron chi connectivity index (χ3n) is 3.52. The minimum absolute atomic E-state index is 0.362. The van der Waals surface area contributed by atoms with Gasteiger partial charge in [-0.1, -0.05) is 36.9 Å². The zero-order chi connectivity index (χ0) is 17.4. The molecule has 0 heterocycles. The van der Waals surface area contributed by atoms with E-state index in [0.717, 1.165) is 37.6 Å². The second kappa shape index (κ2) is 9.71. The lowest BCUT2D eigenvalue weighted by atomic mass is 10.1. The molecular formula is C21H25OPS. The van der Waals surface area contributed by atoms with Crippen molar-refractivity contribution in [2.45, 2.75) is 24.8 Å². The fourth-order valence-electron chi connectivity index (χ4n) is 2.37. The first kappa shape index (κ1) is 18.8. The fraction of sp³-hybridized carbons (Fsp3) is 0.238. The summed E-state index contributed by atoms with van der Waals surface area (Å²) in [5.74, 6) is 1.75. The van der Waals surface area contributed by atoms with Crippen molar-refractivity contribution in [2.24, 2.45) is 0 Å². The Balaban J connectivity index is 1.96. The molecule has 2 aromatic rings. The third-order valence-corrected chi connectivity index (χ3v) is 5.34. The van der Waals surface area contributed by atoms with Gasteiger partial charge in [0.05, 0.1) is 0 Å². The second-order valence-electron chi connectivity index (χ2n) is 5.72. The molecule has 0 bridgehead atoms. The molecule has 0 radical (unpaired) electrons. The summed E-state index contributed by atoms with van der Waals surface area (Å²) in [6.45, 7) is 12.1. The molecule has 2 unspecified atom stereocenters. The summed E-state index contributed by atoms with van der Waals surface area (Å²) < 4.78 is 5.93. The van der Waals surface area contributed by atoms with Gasteiger partial charge >= 0.3 is 0 Å². The Morgan fingerprint density at radius 3 is 2.08 bits per heavy atom. The molecule has 126 valence electrons. The van der Waals surface area contributed by atoms with Crippen LogP contribution < -0.4 is 4.74 Å². The Morgan fingerprint density at radius 1 is 1.08 bits per heavy atom. The van der Waals surface area contributed by atoms with Crippen LogP contribution in [-0.4, -0.2) is 11.9 Å². The zero-order valence-electron chi connectivity index (χ0n) is 14.4. The van der Waals surface area contributed by atoms with E-state index in [4.69, 9.17) is 4.74 Å². The summed E-state index contributed by atoms with van der Waals surface area (Å²) in [6.07, 6.45) is 4.08. The van der Waals surface area contributed by atoms with Crippen LogP contribution in [0.1, 0.15) is 18.1 Å². The van der Waals surface area contributed by atoms with Gasteiger partial charge in [-0.2, -0.15) is 0 Å². The molecule has 0 amide bonds. The zero-order valence-corrected chi connectivity index (χ0v) is 16.2. The maximum absolute atomic E-state index is 5.93. The van der Waals surface area contributed by atoms with Crippen molar-refractivity contribution in [1.82, 2.24) is 0 Å². The van der Waals surface area contributed by atoms with Crippen molar-refractivity contribution in [3.63, 3.8) is 0 Å². The topological polar surface area (TPSA) is 9.23 Å². The van der Waals surface area contributed by atoms with Crippen molar-refractivity contribution in [2.75, 3.05) is 6.66 Å². The number of hydrogen-bond acceptors (Lipinski definition) is 2. The number of ether oxygens (including phenoxy) is 1. The average Bonchev–Trinajstić information content (AvgIpc) is 2.57. The maximum atomic E-state index is 5.93. The predicted molar refractivity (Wildman–Crippen MR) is 111 cm³/mol. The Labute approximate surface area is 152 Å². The number of rotatable bonds is 9. The molecule has 24 heavy (non-hydrogen) atoms. The molecule has 0 aliphatic carbocycles. The molecule has 0 aliphatic heterocycles. The molecule has 0 aromatic heterocycles. The highest BCUT2D eigenvalue weighted by Gasteiger charge is 2.07. The van der Waals surface area contributed by atoms with E-state index in [1.54, 1.807) is 11.8 Å². The van der Waals surface area contributed by atoms with Crippen LogP contribution in [0.25, 0.3) is 0 Å². The average molecular weight is 356 g/mol. The minimum Gasteiger partial charge on any atom is -0.457 e. The van der Waals surface area contributed by atoms with E-state index in [1.807, 2.05) is 37.3 Å². The van der Waals surface area contributed by atoms with E-state index >= 15 is 0 Å². The van der Waals surface area contributed by atoms with Gasteiger partial charge in [0.2, 0.25) is 0 Å². The quantitative estimate of drug-likeness (QED) is 0.367. The van der Waals surface area contributed by atoms with Gasteiger partial charge in [-0.25, -0.2) is 0 Å². The van der Waals surface area contributed by atoms with Gasteiger partial charge in [0.25, 0.3) is 0 Å². The van der Waals surface area contributed by atoms with Crippen LogP contribution in [0.2, 0.25) is 0 Å². The van der Waals surface area contributed by atoms with E-state index < -0.39 is 0 Å². The van der Waals surface area contributed by atoms with Crippen molar-refractivity contribution in [3.05, 3.63) is 83.8 Å². The molecule has 2 rings (SSSR count). The van der Waals surface area contributed by atoms with Crippen LogP contribution in [0.5, 0.6) is 11.5 Å². The van der Waals surface area contributed by atoms with Crippen LogP contribution >= 0.6 is 20.3 Å². The highest BCUT2D eigenvalue weighted by Crippen LogP contribution is 2.26. The van der Waals surface area contributed by atoms with Gasteiger partial charge in [-0.15, -0.1) is 26.9 Å². The molecule has 1 nitrogen and oxygen atoms in total. The standard InChI is InChI=1S/C21H25OPS/c1-5-21(24-16(2)3)14-17-6-10-19(11-7-17)22-20-12-8-18(9-13-20)15-23-4/h5-13,21,23H,1-2,14-15H2,3-4H3. The summed E-state index contributed by atoms with van der Waals surface area (Å²) in [5.41, 5.74) is 2.64. The van der Waals surface area contributed by atoms with Gasteiger partial charge in [0, 0.05) is 5.25 Å². The van der Waals surface area contributed by atoms with E-state index in [2.05, 4.69) is 44.1 Å². The first-order valence-corrected chi connectivity index (χ1v) is 10.6. The van der Waals surface area contributed by atoms with Crippen molar-refractivity contribution in [3.8, 4) is 11.5 Å². The summed E-state index contributed by atoms with van der Waals surface area (Å²) in [4.78, 5) is 1.12. The van der Waals surface area contributed by atoms with Crippen LogP contribution in [-0.2, 0) is 12.6 Å². The summed E-state index contributed by atoms with van der Waals surface area (Å²) in [5, 5.41) is 0.362. The molecule has 3 heteroatoms. The molecule has 0 N–H and O–H groups in total. The van der Waals surface area contributed by atoms with Crippen LogP contribution in [0, 0.1) is 0 Å². The Morgan fingerprint density at radius 2 is 1.62 bits per heavy atom. The molecule has 0 saturated heterocycles. The molecule has 0 spiro atoms. The van der Waals surface area contributed by atoms with Crippen LogP contribution in [0.4, 0.5) is 0 Å². The van der Waals surface area contributed by atoms with Gasteiger partial charge in [0.1, 0.15) is 11.5 Å². The molecular weight excluding hydrogens is 331 g/mol. The third kappa shape index (κ3) is 6.19. The van der Waals surface area contributed by atoms with E-state index in [0.29, 0.717) is 5.25 Å². The summed E-state index contributed by atoms with van der Waals surface area (Å²) in [7, 11) is 0.945. The number of thioether (sulfide) groups is 1. The monoisotopic (exact) mass is 356 g/mol.